The Hall–Kier alpha value is -2.38. The Labute approximate surface area is 156 Å². The molecule has 1 fully saturated rings. The standard InChI is InChI=1S/C19H21N3O3S/c1-14-12-15(13-21-8-10-26-11-9-21)2-7-18(14)20-19(23)16-3-5-17(6-4-16)22(24)25/h2-7,12H,8-11,13H2,1H3,(H,20,23). The van der Waals surface area contributed by atoms with Gasteiger partial charge in [0.25, 0.3) is 11.6 Å². The Bertz CT molecular complexity index is 802. The van der Waals surface area contributed by atoms with Gasteiger partial charge in [-0.3, -0.25) is 19.8 Å². The van der Waals surface area contributed by atoms with Crippen LogP contribution in [0.2, 0.25) is 0 Å². The topological polar surface area (TPSA) is 75.5 Å². The van der Waals surface area contributed by atoms with E-state index in [0.29, 0.717) is 5.56 Å². The second-order valence-corrected chi connectivity index (χ2v) is 7.52. The molecule has 2 aromatic rings. The zero-order valence-corrected chi connectivity index (χ0v) is 15.4. The molecule has 1 heterocycles. The number of carbonyl (C=O) groups excluding carboxylic acids is 1. The molecule has 1 aliphatic rings. The van der Waals surface area contributed by atoms with Crippen LogP contribution >= 0.6 is 11.8 Å². The number of rotatable bonds is 5. The molecule has 0 bridgehead atoms. The first-order chi connectivity index (χ1) is 12.5. The van der Waals surface area contributed by atoms with Gasteiger partial charge in [-0.2, -0.15) is 11.8 Å². The third-order valence-electron chi connectivity index (χ3n) is 4.39. The van der Waals surface area contributed by atoms with E-state index < -0.39 is 4.92 Å². The van der Waals surface area contributed by atoms with Gasteiger partial charge in [0.15, 0.2) is 0 Å². The molecule has 0 radical (unpaired) electrons. The molecule has 3 rings (SSSR count). The molecule has 6 nitrogen and oxygen atoms in total. The quantitative estimate of drug-likeness (QED) is 0.641. The molecule has 0 saturated carbocycles. The van der Waals surface area contributed by atoms with Gasteiger partial charge in [-0.15, -0.1) is 0 Å². The summed E-state index contributed by atoms with van der Waals surface area (Å²) in [6.07, 6.45) is 0. The minimum absolute atomic E-state index is 0.0294. The van der Waals surface area contributed by atoms with Crippen molar-refractivity contribution in [2.75, 3.05) is 29.9 Å². The highest BCUT2D eigenvalue weighted by Crippen LogP contribution is 2.20. The second kappa shape index (κ2) is 8.33. The van der Waals surface area contributed by atoms with Crippen LogP contribution in [-0.4, -0.2) is 40.3 Å². The Morgan fingerprint density at radius 2 is 1.88 bits per heavy atom. The maximum Gasteiger partial charge on any atom is 0.269 e. The Kier molecular flexibility index (Phi) is 5.90. The first-order valence-electron chi connectivity index (χ1n) is 8.48. The van der Waals surface area contributed by atoms with Crippen molar-refractivity contribution in [2.45, 2.75) is 13.5 Å². The highest BCUT2D eigenvalue weighted by atomic mass is 32.2. The molecule has 26 heavy (non-hydrogen) atoms. The Balaban J connectivity index is 1.65. The number of nitro groups is 1. The fourth-order valence-corrected chi connectivity index (χ4v) is 3.89. The number of amides is 1. The molecule has 0 spiro atoms. The van der Waals surface area contributed by atoms with Crippen LogP contribution in [0.25, 0.3) is 0 Å². The largest absolute Gasteiger partial charge is 0.322 e. The summed E-state index contributed by atoms with van der Waals surface area (Å²) in [5, 5.41) is 13.6. The lowest BCUT2D eigenvalue weighted by atomic mass is 10.1. The van der Waals surface area contributed by atoms with Gasteiger partial charge in [-0.05, 0) is 36.2 Å². The van der Waals surface area contributed by atoms with Crippen LogP contribution in [-0.2, 0) is 6.54 Å². The van der Waals surface area contributed by atoms with Crippen molar-refractivity contribution in [3.05, 3.63) is 69.3 Å². The van der Waals surface area contributed by atoms with Gasteiger partial charge in [0, 0.05) is 54.5 Å². The molecule has 1 N–H and O–H groups in total. The maximum atomic E-state index is 12.4. The Morgan fingerprint density at radius 1 is 1.19 bits per heavy atom. The molecule has 1 saturated heterocycles. The predicted molar refractivity (Wildman–Crippen MR) is 105 cm³/mol. The van der Waals surface area contributed by atoms with E-state index in [-0.39, 0.29) is 11.6 Å². The van der Waals surface area contributed by atoms with Gasteiger partial charge in [-0.25, -0.2) is 0 Å². The number of nitrogens with one attached hydrogen (secondary N) is 1. The van der Waals surface area contributed by atoms with Crippen LogP contribution in [0.5, 0.6) is 0 Å². The van der Waals surface area contributed by atoms with Gasteiger partial charge in [0.1, 0.15) is 0 Å². The van der Waals surface area contributed by atoms with Crippen molar-refractivity contribution >= 4 is 29.0 Å². The zero-order valence-electron chi connectivity index (χ0n) is 14.6. The van der Waals surface area contributed by atoms with Crippen LogP contribution in [0.15, 0.2) is 42.5 Å². The maximum absolute atomic E-state index is 12.4. The van der Waals surface area contributed by atoms with Gasteiger partial charge >= 0.3 is 0 Å². The van der Waals surface area contributed by atoms with E-state index in [2.05, 4.69) is 16.3 Å². The van der Waals surface area contributed by atoms with Gasteiger partial charge in [0.2, 0.25) is 0 Å². The van der Waals surface area contributed by atoms with Crippen molar-refractivity contribution in [1.82, 2.24) is 4.90 Å². The molecule has 0 unspecified atom stereocenters. The lowest BCUT2D eigenvalue weighted by Gasteiger charge is -2.26. The lowest BCUT2D eigenvalue weighted by Crippen LogP contribution is -2.31. The average molecular weight is 371 g/mol. The van der Waals surface area contributed by atoms with E-state index in [4.69, 9.17) is 0 Å². The van der Waals surface area contributed by atoms with Crippen LogP contribution in [0, 0.1) is 17.0 Å². The summed E-state index contributed by atoms with van der Waals surface area (Å²) in [6, 6.07) is 11.7. The average Bonchev–Trinajstić information content (AvgIpc) is 2.65. The molecular formula is C19H21N3O3S. The number of non-ortho nitro benzene ring substituents is 1. The van der Waals surface area contributed by atoms with E-state index in [1.54, 1.807) is 0 Å². The highest BCUT2D eigenvalue weighted by molar-refractivity contribution is 7.99. The number of hydrogen-bond acceptors (Lipinski definition) is 5. The number of aryl methyl sites for hydroxylation is 1. The summed E-state index contributed by atoms with van der Waals surface area (Å²) in [4.78, 5) is 25.0. The summed E-state index contributed by atoms with van der Waals surface area (Å²) in [5.74, 6) is 2.09. The fraction of sp³-hybridized carbons (Fsp3) is 0.316. The highest BCUT2D eigenvalue weighted by Gasteiger charge is 2.13. The van der Waals surface area contributed by atoms with E-state index >= 15 is 0 Å². The van der Waals surface area contributed by atoms with Crippen molar-refractivity contribution in [1.29, 1.82) is 0 Å². The number of carbonyl (C=O) groups is 1. The predicted octanol–water partition coefficient (Wildman–Crippen LogP) is 3.70. The SMILES string of the molecule is Cc1cc(CN2CCSCC2)ccc1NC(=O)c1ccc([N+](=O)[O-])cc1. The van der Waals surface area contributed by atoms with E-state index in [0.717, 1.165) is 30.9 Å². The molecule has 0 aromatic heterocycles. The van der Waals surface area contributed by atoms with Crippen LogP contribution < -0.4 is 5.32 Å². The smallest absolute Gasteiger partial charge is 0.269 e. The summed E-state index contributed by atoms with van der Waals surface area (Å²) >= 11 is 2.00. The molecule has 7 heteroatoms. The van der Waals surface area contributed by atoms with Crippen LogP contribution in [0.3, 0.4) is 0 Å². The van der Waals surface area contributed by atoms with E-state index in [1.807, 2.05) is 30.8 Å². The van der Waals surface area contributed by atoms with Crippen molar-refractivity contribution in [3.63, 3.8) is 0 Å². The van der Waals surface area contributed by atoms with Crippen molar-refractivity contribution in [3.8, 4) is 0 Å². The minimum atomic E-state index is -0.481. The van der Waals surface area contributed by atoms with Crippen molar-refractivity contribution in [2.24, 2.45) is 0 Å². The molecule has 0 aliphatic carbocycles. The molecular weight excluding hydrogens is 350 g/mol. The summed E-state index contributed by atoms with van der Waals surface area (Å²) in [6.45, 7) is 5.13. The molecule has 1 amide bonds. The number of benzene rings is 2. The number of nitrogens with zero attached hydrogens (tertiary/aromatic N) is 2. The number of hydrogen-bond donors (Lipinski definition) is 1. The summed E-state index contributed by atoms with van der Waals surface area (Å²) < 4.78 is 0. The molecule has 136 valence electrons. The summed E-state index contributed by atoms with van der Waals surface area (Å²) in [5.41, 5.74) is 3.36. The number of anilines is 1. The van der Waals surface area contributed by atoms with E-state index in [1.165, 1.54) is 41.3 Å². The third-order valence-corrected chi connectivity index (χ3v) is 5.33. The van der Waals surface area contributed by atoms with E-state index in [9.17, 15) is 14.9 Å². The fourth-order valence-electron chi connectivity index (χ4n) is 2.91. The zero-order chi connectivity index (χ0) is 18.5. The van der Waals surface area contributed by atoms with Gasteiger partial charge in [-0.1, -0.05) is 12.1 Å². The monoisotopic (exact) mass is 371 g/mol. The second-order valence-electron chi connectivity index (χ2n) is 6.30. The lowest BCUT2D eigenvalue weighted by molar-refractivity contribution is -0.384. The first-order valence-corrected chi connectivity index (χ1v) is 9.64. The van der Waals surface area contributed by atoms with Crippen LogP contribution in [0.4, 0.5) is 11.4 Å². The molecule has 2 aromatic carbocycles. The normalized spacial score (nSPS) is 14.8. The molecule has 0 atom stereocenters. The van der Waals surface area contributed by atoms with Gasteiger partial charge < -0.3 is 5.32 Å². The number of nitro benzene ring substituents is 1. The first kappa shape index (κ1) is 18.4. The molecule has 1 aliphatic heterocycles. The summed E-state index contributed by atoms with van der Waals surface area (Å²) in [7, 11) is 0. The van der Waals surface area contributed by atoms with Gasteiger partial charge in [0.05, 0.1) is 4.92 Å². The Morgan fingerprint density at radius 3 is 2.50 bits per heavy atom. The van der Waals surface area contributed by atoms with Crippen LogP contribution in [0.1, 0.15) is 21.5 Å². The number of thioether (sulfide) groups is 1. The third kappa shape index (κ3) is 4.62. The van der Waals surface area contributed by atoms with Crippen molar-refractivity contribution < 1.29 is 9.72 Å². The minimum Gasteiger partial charge on any atom is -0.322 e.